The normalized spacial score (nSPS) is 11.7. The molecule has 0 unspecified atom stereocenters. The van der Waals surface area contributed by atoms with Gasteiger partial charge in [0.2, 0.25) is 15.9 Å². The van der Waals surface area contributed by atoms with Crippen molar-refractivity contribution in [2.75, 3.05) is 23.7 Å². The highest BCUT2D eigenvalue weighted by Crippen LogP contribution is 2.22. The van der Waals surface area contributed by atoms with E-state index in [1.807, 2.05) is 12.1 Å². The summed E-state index contributed by atoms with van der Waals surface area (Å²) in [5.41, 5.74) is 4.17. The van der Waals surface area contributed by atoms with Gasteiger partial charge in [-0.15, -0.1) is 0 Å². The predicted octanol–water partition coefficient (Wildman–Crippen LogP) is 4.45. The molecule has 0 atom stereocenters. The van der Waals surface area contributed by atoms with E-state index in [2.05, 4.69) is 57.3 Å². The minimum atomic E-state index is -3.56. The Morgan fingerprint density at radius 1 is 0.900 bits per heavy atom. The molecule has 0 aliphatic carbocycles. The van der Waals surface area contributed by atoms with Gasteiger partial charge in [0.15, 0.2) is 0 Å². The van der Waals surface area contributed by atoms with Crippen LogP contribution in [0.25, 0.3) is 0 Å². The SMILES string of the molecule is CC(C)c1ccc(CCCNC(=O)CN(c2ccc(C(C)C)cc2)S(C)(=O)=O)cc1. The fraction of sp³-hybridized carbons (Fsp3) is 0.458. The van der Waals surface area contributed by atoms with Crippen LogP contribution in [0.5, 0.6) is 0 Å². The van der Waals surface area contributed by atoms with Crippen molar-refractivity contribution < 1.29 is 13.2 Å². The predicted molar refractivity (Wildman–Crippen MR) is 125 cm³/mol. The molecule has 0 radical (unpaired) electrons. The first kappa shape index (κ1) is 23.9. The van der Waals surface area contributed by atoms with Gasteiger partial charge in [-0.05, 0) is 53.5 Å². The third-order valence-electron chi connectivity index (χ3n) is 5.15. The zero-order valence-corrected chi connectivity index (χ0v) is 19.5. The van der Waals surface area contributed by atoms with E-state index in [4.69, 9.17) is 0 Å². The summed E-state index contributed by atoms with van der Waals surface area (Å²) in [6.45, 7) is 8.79. The molecular weight excluding hydrogens is 396 g/mol. The van der Waals surface area contributed by atoms with Crippen LogP contribution >= 0.6 is 0 Å². The summed E-state index contributed by atoms with van der Waals surface area (Å²) in [6.07, 6.45) is 2.79. The Balaban J connectivity index is 1.88. The van der Waals surface area contributed by atoms with Gasteiger partial charge < -0.3 is 5.32 Å². The second kappa shape index (κ2) is 10.6. The van der Waals surface area contributed by atoms with E-state index >= 15 is 0 Å². The maximum Gasteiger partial charge on any atom is 0.240 e. The number of carbonyl (C=O) groups is 1. The molecule has 0 aliphatic heterocycles. The summed E-state index contributed by atoms with van der Waals surface area (Å²) in [6, 6.07) is 15.9. The summed E-state index contributed by atoms with van der Waals surface area (Å²) in [4.78, 5) is 12.4. The summed E-state index contributed by atoms with van der Waals surface area (Å²) in [5, 5.41) is 2.84. The number of carbonyl (C=O) groups excluding carboxylic acids is 1. The van der Waals surface area contributed by atoms with Crippen LogP contribution in [0.3, 0.4) is 0 Å². The standard InChI is InChI=1S/C24H34N2O3S/c1-18(2)21-10-8-20(9-11-21)7-6-16-25-24(27)17-26(30(5,28)29)23-14-12-22(13-15-23)19(3)4/h8-15,18-19H,6-7,16-17H2,1-5H3,(H,25,27). The van der Waals surface area contributed by atoms with Gasteiger partial charge in [0.1, 0.15) is 6.54 Å². The number of rotatable bonds is 10. The third-order valence-corrected chi connectivity index (χ3v) is 6.29. The van der Waals surface area contributed by atoms with E-state index in [-0.39, 0.29) is 12.5 Å². The highest BCUT2D eigenvalue weighted by molar-refractivity contribution is 7.92. The van der Waals surface area contributed by atoms with E-state index in [1.165, 1.54) is 11.1 Å². The minimum absolute atomic E-state index is 0.219. The Labute approximate surface area is 181 Å². The highest BCUT2D eigenvalue weighted by atomic mass is 32.2. The van der Waals surface area contributed by atoms with Crippen molar-refractivity contribution in [1.82, 2.24) is 5.32 Å². The maximum atomic E-state index is 12.4. The lowest BCUT2D eigenvalue weighted by atomic mass is 10.0. The first-order chi connectivity index (χ1) is 14.1. The quantitative estimate of drug-likeness (QED) is 0.566. The molecule has 2 rings (SSSR count). The summed E-state index contributed by atoms with van der Waals surface area (Å²) in [5.74, 6) is 0.567. The van der Waals surface area contributed by atoms with Gasteiger partial charge in [0, 0.05) is 6.54 Å². The monoisotopic (exact) mass is 430 g/mol. The molecule has 6 heteroatoms. The van der Waals surface area contributed by atoms with Crippen molar-refractivity contribution in [3.8, 4) is 0 Å². The molecule has 0 heterocycles. The van der Waals surface area contributed by atoms with Crippen LogP contribution in [0.4, 0.5) is 5.69 Å². The number of anilines is 1. The summed E-state index contributed by atoms with van der Waals surface area (Å²) < 4.78 is 25.6. The molecule has 1 amide bonds. The van der Waals surface area contributed by atoms with Crippen LogP contribution in [-0.2, 0) is 21.2 Å². The molecule has 2 aromatic rings. The molecule has 164 valence electrons. The van der Waals surface area contributed by atoms with Crippen molar-refractivity contribution in [2.45, 2.75) is 52.4 Å². The Morgan fingerprint density at radius 3 is 1.87 bits per heavy atom. The number of benzene rings is 2. The fourth-order valence-electron chi connectivity index (χ4n) is 3.20. The van der Waals surface area contributed by atoms with Gasteiger partial charge in [0.25, 0.3) is 0 Å². The molecule has 0 aromatic heterocycles. The van der Waals surface area contributed by atoms with Crippen molar-refractivity contribution in [1.29, 1.82) is 0 Å². The van der Waals surface area contributed by atoms with E-state index in [0.29, 0.717) is 24.1 Å². The van der Waals surface area contributed by atoms with Crippen LogP contribution in [0, 0.1) is 0 Å². The molecular formula is C24H34N2O3S. The fourth-order valence-corrected chi connectivity index (χ4v) is 4.06. The number of nitrogens with one attached hydrogen (secondary N) is 1. The van der Waals surface area contributed by atoms with E-state index < -0.39 is 10.0 Å². The molecule has 1 N–H and O–H groups in total. The van der Waals surface area contributed by atoms with Gasteiger partial charge in [-0.25, -0.2) is 8.42 Å². The van der Waals surface area contributed by atoms with Gasteiger partial charge in [-0.1, -0.05) is 64.1 Å². The Morgan fingerprint density at radius 2 is 1.40 bits per heavy atom. The molecule has 0 saturated heterocycles. The number of sulfonamides is 1. The Bertz CT molecular complexity index is 918. The maximum absolute atomic E-state index is 12.4. The topological polar surface area (TPSA) is 66.5 Å². The highest BCUT2D eigenvalue weighted by Gasteiger charge is 2.20. The largest absolute Gasteiger partial charge is 0.355 e. The number of amides is 1. The number of nitrogens with zero attached hydrogens (tertiary/aromatic N) is 1. The number of hydrogen-bond donors (Lipinski definition) is 1. The molecule has 0 bridgehead atoms. The molecule has 0 fully saturated rings. The third kappa shape index (κ3) is 7.17. The summed E-state index contributed by atoms with van der Waals surface area (Å²) in [7, 11) is -3.56. The van der Waals surface area contributed by atoms with Crippen molar-refractivity contribution in [2.24, 2.45) is 0 Å². The smallest absolute Gasteiger partial charge is 0.240 e. The molecule has 0 aliphatic rings. The minimum Gasteiger partial charge on any atom is -0.355 e. The van der Waals surface area contributed by atoms with Crippen LogP contribution in [0.2, 0.25) is 0 Å². The van der Waals surface area contributed by atoms with Gasteiger partial charge >= 0.3 is 0 Å². The zero-order valence-electron chi connectivity index (χ0n) is 18.7. The van der Waals surface area contributed by atoms with E-state index in [9.17, 15) is 13.2 Å². The lowest BCUT2D eigenvalue weighted by Crippen LogP contribution is -2.40. The van der Waals surface area contributed by atoms with Crippen LogP contribution in [0.15, 0.2) is 48.5 Å². The lowest BCUT2D eigenvalue weighted by molar-refractivity contribution is -0.119. The van der Waals surface area contributed by atoms with Gasteiger partial charge in [-0.3, -0.25) is 9.10 Å². The number of aryl methyl sites for hydroxylation is 1. The molecule has 5 nitrogen and oxygen atoms in total. The average Bonchev–Trinajstić information content (AvgIpc) is 2.69. The number of hydrogen-bond acceptors (Lipinski definition) is 3. The van der Waals surface area contributed by atoms with Crippen LogP contribution in [0.1, 0.15) is 62.6 Å². The van der Waals surface area contributed by atoms with E-state index in [0.717, 1.165) is 29.0 Å². The first-order valence-electron chi connectivity index (χ1n) is 10.5. The van der Waals surface area contributed by atoms with E-state index in [1.54, 1.807) is 12.1 Å². The Kier molecular flexibility index (Phi) is 8.47. The molecule has 2 aromatic carbocycles. The molecule has 0 spiro atoms. The first-order valence-corrected chi connectivity index (χ1v) is 12.4. The second-order valence-corrected chi connectivity index (χ2v) is 10.3. The van der Waals surface area contributed by atoms with Gasteiger partial charge in [0.05, 0.1) is 11.9 Å². The summed E-state index contributed by atoms with van der Waals surface area (Å²) >= 11 is 0. The van der Waals surface area contributed by atoms with Crippen LogP contribution in [-0.4, -0.2) is 33.7 Å². The average molecular weight is 431 g/mol. The van der Waals surface area contributed by atoms with Crippen molar-refractivity contribution >= 4 is 21.6 Å². The van der Waals surface area contributed by atoms with Crippen LogP contribution < -0.4 is 9.62 Å². The molecule has 0 saturated carbocycles. The van der Waals surface area contributed by atoms with Crippen molar-refractivity contribution in [3.05, 3.63) is 65.2 Å². The second-order valence-electron chi connectivity index (χ2n) is 8.37. The molecule has 30 heavy (non-hydrogen) atoms. The Hall–Kier alpha value is -2.34. The van der Waals surface area contributed by atoms with Gasteiger partial charge in [-0.2, -0.15) is 0 Å². The zero-order chi connectivity index (χ0) is 22.3. The lowest BCUT2D eigenvalue weighted by Gasteiger charge is -2.22. The van der Waals surface area contributed by atoms with Crippen molar-refractivity contribution in [3.63, 3.8) is 0 Å².